The monoisotopic (exact) mass is 356 g/mol. The third-order valence-corrected chi connectivity index (χ3v) is 3.83. The third-order valence-electron chi connectivity index (χ3n) is 3.83. The number of rotatable bonds is 6. The van der Waals surface area contributed by atoms with Crippen molar-refractivity contribution in [2.75, 3.05) is 5.32 Å². The summed E-state index contributed by atoms with van der Waals surface area (Å²) < 4.78 is 4.73. The fourth-order valence-corrected chi connectivity index (χ4v) is 2.48. The van der Waals surface area contributed by atoms with Crippen LogP contribution in [0.5, 0.6) is 0 Å². The molecule has 0 saturated carbocycles. The number of amides is 2. The van der Waals surface area contributed by atoms with Gasteiger partial charge in [-0.1, -0.05) is 0 Å². The van der Waals surface area contributed by atoms with Gasteiger partial charge in [-0.25, -0.2) is 0 Å². The Kier molecular flexibility index (Phi) is 4.83. The molecule has 0 atom stereocenters. The predicted molar refractivity (Wildman–Crippen MR) is 93.4 cm³/mol. The van der Waals surface area contributed by atoms with E-state index in [9.17, 15) is 9.59 Å². The lowest BCUT2D eigenvalue weighted by Crippen LogP contribution is -2.26. The summed E-state index contributed by atoms with van der Waals surface area (Å²) in [6, 6.07) is 0. The highest BCUT2D eigenvalue weighted by atomic mass is 16.2. The third kappa shape index (κ3) is 3.63. The van der Waals surface area contributed by atoms with E-state index in [-0.39, 0.29) is 17.5 Å². The fraction of sp³-hybridized carbons (Fsp3) is 0.312. The molecule has 0 fully saturated rings. The van der Waals surface area contributed by atoms with Gasteiger partial charge in [0.1, 0.15) is 5.69 Å². The van der Waals surface area contributed by atoms with Crippen molar-refractivity contribution in [2.45, 2.75) is 20.0 Å². The molecule has 0 radical (unpaired) electrons. The van der Waals surface area contributed by atoms with Gasteiger partial charge in [-0.05, 0) is 6.92 Å². The first-order valence-electron chi connectivity index (χ1n) is 8.09. The van der Waals surface area contributed by atoms with Crippen LogP contribution in [0.1, 0.15) is 33.3 Å². The number of hydrogen-bond donors (Lipinski definition) is 2. The number of hydrogen-bond acceptors (Lipinski definition) is 5. The van der Waals surface area contributed by atoms with Crippen LogP contribution < -0.4 is 10.6 Å². The lowest BCUT2D eigenvalue weighted by Gasteiger charge is -2.08. The molecule has 3 rings (SSSR count). The van der Waals surface area contributed by atoms with Crippen molar-refractivity contribution < 1.29 is 9.59 Å². The Morgan fingerprint density at radius 1 is 1.04 bits per heavy atom. The van der Waals surface area contributed by atoms with Gasteiger partial charge < -0.3 is 10.6 Å². The summed E-state index contributed by atoms with van der Waals surface area (Å²) in [5, 5.41) is 17.7. The standard InChI is InChI=1S/C16H20N8O2/c1-4-24-10-12(7-20-24)15(25)21-13-8-19-23(3)14(13)16(26)17-5-11-6-18-22(2)9-11/h6-10H,4-5H2,1-3H3,(H,17,26)(H,21,25). The summed E-state index contributed by atoms with van der Waals surface area (Å²) in [6.07, 6.45) is 8.07. The molecule has 0 aliphatic carbocycles. The Labute approximate surface area is 149 Å². The van der Waals surface area contributed by atoms with E-state index in [0.29, 0.717) is 24.3 Å². The average Bonchev–Trinajstić information content (AvgIpc) is 3.33. The molecule has 0 spiro atoms. The van der Waals surface area contributed by atoms with E-state index >= 15 is 0 Å². The lowest BCUT2D eigenvalue weighted by molar-refractivity contribution is 0.0942. The van der Waals surface area contributed by atoms with Crippen molar-refractivity contribution in [1.82, 2.24) is 34.7 Å². The SMILES string of the molecule is CCn1cc(C(=O)Nc2cnn(C)c2C(=O)NCc2cnn(C)c2)cn1. The number of aromatic nitrogens is 6. The van der Waals surface area contributed by atoms with Crippen molar-refractivity contribution in [3.63, 3.8) is 0 Å². The van der Waals surface area contributed by atoms with E-state index in [4.69, 9.17) is 0 Å². The normalized spacial score (nSPS) is 10.7. The molecule has 10 nitrogen and oxygen atoms in total. The maximum Gasteiger partial charge on any atom is 0.271 e. The fourth-order valence-electron chi connectivity index (χ4n) is 2.48. The highest BCUT2D eigenvalue weighted by Gasteiger charge is 2.19. The second-order valence-corrected chi connectivity index (χ2v) is 5.77. The largest absolute Gasteiger partial charge is 0.346 e. The highest BCUT2D eigenvalue weighted by molar-refractivity contribution is 6.08. The van der Waals surface area contributed by atoms with Gasteiger partial charge in [0.05, 0.1) is 29.8 Å². The Morgan fingerprint density at radius 2 is 1.85 bits per heavy atom. The summed E-state index contributed by atoms with van der Waals surface area (Å²) in [5.41, 5.74) is 1.90. The van der Waals surface area contributed by atoms with Crippen LogP contribution in [0.15, 0.2) is 31.0 Å². The molecule has 0 aromatic carbocycles. The number of aryl methyl sites for hydroxylation is 3. The number of anilines is 1. The van der Waals surface area contributed by atoms with Crippen molar-refractivity contribution in [3.05, 3.63) is 47.8 Å². The molecular weight excluding hydrogens is 336 g/mol. The maximum absolute atomic E-state index is 12.5. The molecular formula is C16H20N8O2. The topological polar surface area (TPSA) is 112 Å². The molecule has 0 saturated heterocycles. The first-order chi connectivity index (χ1) is 12.5. The van der Waals surface area contributed by atoms with Crippen LogP contribution in [0.25, 0.3) is 0 Å². The van der Waals surface area contributed by atoms with Crippen molar-refractivity contribution in [2.24, 2.45) is 14.1 Å². The van der Waals surface area contributed by atoms with Crippen LogP contribution >= 0.6 is 0 Å². The smallest absolute Gasteiger partial charge is 0.271 e. The van der Waals surface area contributed by atoms with E-state index in [0.717, 1.165) is 5.56 Å². The van der Waals surface area contributed by atoms with Crippen LogP contribution in [0.3, 0.4) is 0 Å². The summed E-state index contributed by atoms with van der Waals surface area (Å²) in [6.45, 7) is 2.93. The van der Waals surface area contributed by atoms with E-state index in [1.165, 1.54) is 17.1 Å². The minimum atomic E-state index is -0.348. The van der Waals surface area contributed by atoms with Gasteiger partial charge in [-0.2, -0.15) is 15.3 Å². The summed E-state index contributed by atoms with van der Waals surface area (Å²) in [4.78, 5) is 24.9. The van der Waals surface area contributed by atoms with Crippen molar-refractivity contribution in [1.29, 1.82) is 0 Å². The zero-order valence-electron chi connectivity index (χ0n) is 14.8. The molecule has 10 heteroatoms. The Bertz CT molecular complexity index is 936. The van der Waals surface area contributed by atoms with Crippen molar-refractivity contribution >= 4 is 17.5 Å². The number of carbonyl (C=O) groups is 2. The van der Waals surface area contributed by atoms with E-state index in [1.807, 2.05) is 13.1 Å². The van der Waals surface area contributed by atoms with Crippen LogP contribution in [-0.2, 0) is 27.2 Å². The Morgan fingerprint density at radius 3 is 2.50 bits per heavy atom. The van der Waals surface area contributed by atoms with E-state index < -0.39 is 0 Å². The summed E-state index contributed by atoms with van der Waals surface area (Å²) >= 11 is 0. The zero-order chi connectivity index (χ0) is 18.7. The maximum atomic E-state index is 12.5. The molecule has 3 heterocycles. The molecule has 0 unspecified atom stereocenters. The van der Waals surface area contributed by atoms with Crippen LogP contribution in [0.4, 0.5) is 5.69 Å². The first kappa shape index (κ1) is 17.4. The van der Waals surface area contributed by atoms with Crippen LogP contribution in [-0.4, -0.2) is 41.2 Å². The van der Waals surface area contributed by atoms with Gasteiger partial charge in [0.15, 0.2) is 0 Å². The average molecular weight is 356 g/mol. The van der Waals surface area contributed by atoms with Gasteiger partial charge in [0, 0.05) is 45.1 Å². The summed E-state index contributed by atoms with van der Waals surface area (Å²) in [5.74, 6) is -0.688. The van der Waals surface area contributed by atoms with E-state index in [1.54, 1.807) is 35.9 Å². The van der Waals surface area contributed by atoms with E-state index in [2.05, 4.69) is 25.9 Å². The summed E-state index contributed by atoms with van der Waals surface area (Å²) in [7, 11) is 3.45. The van der Waals surface area contributed by atoms with Gasteiger partial charge in [-0.15, -0.1) is 0 Å². The molecule has 0 bridgehead atoms. The minimum Gasteiger partial charge on any atom is -0.346 e. The zero-order valence-corrected chi connectivity index (χ0v) is 14.8. The molecule has 0 aliphatic heterocycles. The number of nitrogens with zero attached hydrogens (tertiary/aromatic N) is 6. The van der Waals surface area contributed by atoms with Crippen LogP contribution in [0, 0.1) is 0 Å². The van der Waals surface area contributed by atoms with Crippen LogP contribution in [0.2, 0.25) is 0 Å². The van der Waals surface area contributed by atoms with Crippen molar-refractivity contribution in [3.8, 4) is 0 Å². The number of carbonyl (C=O) groups excluding carboxylic acids is 2. The first-order valence-corrected chi connectivity index (χ1v) is 8.09. The number of nitrogens with one attached hydrogen (secondary N) is 2. The lowest BCUT2D eigenvalue weighted by atomic mass is 10.3. The molecule has 2 N–H and O–H groups in total. The molecule has 3 aromatic heterocycles. The molecule has 3 aromatic rings. The molecule has 26 heavy (non-hydrogen) atoms. The minimum absolute atomic E-state index is 0.269. The predicted octanol–water partition coefficient (Wildman–Crippen LogP) is 0.552. The van der Waals surface area contributed by atoms with Gasteiger partial charge in [-0.3, -0.25) is 23.6 Å². The highest BCUT2D eigenvalue weighted by Crippen LogP contribution is 2.15. The van der Waals surface area contributed by atoms with Gasteiger partial charge >= 0.3 is 0 Å². The second-order valence-electron chi connectivity index (χ2n) is 5.77. The quantitative estimate of drug-likeness (QED) is 0.670. The molecule has 0 aliphatic rings. The molecule has 2 amide bonds. The second kappa shape index (κ2) is 7.21. The van der Waals surface area contributed by atoms with Gasteiger partial charge in [0.25, 0.3) is 11.8 Å². The Balaban J connectivity index is 1.71. The molecule has 136 valence electrons. The Hall–Kier alpha value is -3.43. The van der Waals surface area contributed by atoms with Gasteiger partial charge in [0.2, 0.25) is 0 Å².